The lowest BCUT2D eigenvalue weighted by atomic mass is 10.0. The van der Waals surface area contributed by atoms with E-state index in [1.54, 1.807) is 48.5 Å². The van der Waals surface area contributed by atoms with Crippen LogP contribution in [0, 0.1) is 11.3 Å². The Bertz CT molecular complexity index is 1210. The molecule has 1 aliphatic heterocycles. The lowest BCUT2D eigenvalue weighted by molar-refractivity contribution is 0.553. The van der Waals surface area contributed by atoms with Crippen molar-refractivity contribution < 1.29 is 0 Å². The van der Waals surface area contributed by atoms with Gasteiger partial charge in [-0.1, -0.05) is 52.3 Å². The zero-order chi connectivity index (χ0) is 18.4. The SMILES string of the molecule is N#CC1=C(N)n2c(=O)n(-c3ccccc3)c(=O)n2C1c1ccccc1Br. The normalized spacial score (nSPS) is 15.8. The zero-order valence-corrected chi connectivity index (χ0v) is 14.9. The Morgan fingerprint density at radius 1 is 1.00 bits per heavy atom. The maximum Gasteiger partial charge on any atom is 0.358 e. The zero-order valence-electron chi connectivity index (χ0n) is 13.3. The monoisotopic (exact) mass is 409 g/mol. The maximum atomic E-state index is 13.1. The van der Waals surface area contributed by atoms with Gasteiger partial charge in [-0.3, -0.25) is 0 Å². The number of hydrogen-bond donors (Lipinski definition) is 1. The fraction of sp³-hybridized carbons (Fsp3) is 0.0556. The predicted octanol–water partition coefficient (Wildman–Crippen LogP) is 1.82. The predicted molar refractivity (Wildman–Crippen MR) is 99.6 cm³/mol. The minimum absolute atomic E-state index is 0.0370. The summed E-state index contributed by atoms with van der Waals surface area (Å²) < 4.78 is 4.05. The van der Waals surface area contributed by atoms with Gasteiger partial charge >= 0.3 is 11.4 Å². The Kier molecular flexibility index (Phi) is 3.67. The molecule has 0 saturated heterocycles. The Morgan fingerprint density at radius 3 is 2.31 bits per heavy atom. The van der Waals surface area contributed by atoms with Gasteiger partial charge in [-0.15, -0.1) is 0 Å². The molecule has 2 aromatic carbocycles. The van der Waals surface area contributed by atoms with Crippen LogP contribution in [-0.2, 0) is 0 Å². The molecule has 1 atom stereocenters. The van der Waals surface area contributed by atoms with Crippen molar-refractivity contribution in [3.63, 3.8) is 0 Å². The molecule has 0 saturated carbocycles. The number of aromatic nitrogens is 3. The van der Waals surface area contributed by atoms with Gasteiger partial charge in [0.05, 0.1) is 5.69 Å². The summed E-state index contributed by atoms with van der Waals surface area (Å²) in [6.07, 6.45) is 0. The highest BCUT2D eigenvalue weighted by atomic mass is 79.9. The van der Waals surface area contributed by atoms with Crippen LogP contribution >= 0.6 is 15.9 Å². The highest BCUT2D eigenvalue weighted by molar-refractivity contribution is 9.10. The number of hydrogen-bond acceptors (Lipinski definition) is 4. The van der Waals surface area contributed by atoms with E-state index >= 15 is 0 Å². The number of para-hydroxylation sites is 1. The number of benzene rings is 2. The number of allylic oxidation sites excluding steroid dienone is 1. The van der Waals surface area contributed by atoms with Gasteiger partial charge in [0.2, 0.25) is 0 Å². The van der Waals surface area contributed by atoms with Crippen molar-refractivity contribution in [2.24, 2.45) is 5.73 Å². The van der Waals surface area contributed by atoms with Crippen LogP contribution in [0.4, 0.5) is 0 Å². The summed E-state index contributed by atoms with van der Waals surface area (Å²) >= 11 is 3.45. The van der Waals surface area contributed by atoms with Crippen LogP contribution in [-0.4, -0.2) is 13.9 Å². The number of nitrogens with two attached hydrogens (primary N) is 1. The average molecular weight is 410 g/mol. The molecule has 0 radical (unpaired) electrons. The second-order valence-electron chi connectivity index (χ2n) is 5.73. The Labute approximate surface area is 155 Å². The van der Waals surface area contributed by atoms with Crippen LogP contribution in [0.3, 0.4) is 0 Å². The van der Waals surface area contributed by atoms with E-state index in [0.717, 1.165) is 9.25 Å². The molecular formula is C18H12BrN5O2. The van der Waals surface area contributed by atoms with Crippen LogP contribution in [0.1, 0.15) is 11.6 Å². The topological polar surface area (TPSA) is 98.7 Å². The summed E-state index contributed by atoms with van der Waals surface area (Å²) in [5.41, 5.74) is 6.17. The van der Waals surface area contributed by atoms with E-state index in [1.807, 2.05) is 12.1 Å². The lowest BCUT2D eigenvalue weighted by Crippen LogP contribution is -2.30. The molecule has 4 rings (SSSR count). The minimum Gasteiger partial charge on any atom is -0.383 e. The number of fused-ring (bicyclic) bond motifs is 1. The van der Waals surface area contributed by atoms with Crippen LogP contribution < -0.4 is 17.1 Å². The van der Waals surface area contributed by atoms with Gasteiger partial charge in [-0.2, -0.15) is 9.94 Å². The number of nitrogens with zero attached hydrogens (tertiary/aromatic N) is 4. The second kappa shape index (κ2) is 5.89. The molecule has 1 unspecified atom stereocenters. The van der Waals surface area contributed by atoms with Crippen molar-refractivity contribution in [3.05, 3.63) is 91.2 Å². The third kappa shape index (κ3) is 2.11. The van der Waals surface area contributed by atoms with Gasteiger partial charge in [0.25, 0.3) is 0 Å². The van der Waals surface area contributed by atoms with Crippen LogP contribution in [0.15, 0.2) is 74.2 Å². The second-order valence-corrected chi connectivity index (χ2v) is 6.58. The highest BCUT2D eigenvalue weighted by Gasteiger charge is 2.37. The molecule has 0 amide bonds. The molecule has 2 heterocycles. The van der Waals surface area contributed by atoms with Crippen molar-refractivity contribution in [2.45, 2.75) is 6.04 Å². The van der Waals surface area contributed by atoms with E-state index in [1.165, 1.54) is 4.68 Å². The largest absolute Gasteiger partial charge is 0.383 e. The first-order valence-electron chi connectivity index (χ1n) is 7.72. The summed E-state index contributed by atoms with van der Waals surface area (Å²) in [4.78, 5) is 26.0. The smallest absolute Gasteiger partial charge is 0.358 e. The van der Waals surface area contributed by atoms with E-state index in [4.69, 9.17) is 5.73 Å². The molecule has 0 aliphatic carbocycles. The fourth-order valence-corrected chi connectivity index (χ4v) is 3.68. The first-order chi connectivity index (χ1) is 12.6. The first-order valence-corrected chi connectivity index (χ1v) is 8.52. The molecule has 8 heteroatoms. The van der Waals surface area contributed by atoms with Gasteiger partial charge in [0, 0.05) is 4.47 Å². The number of rotatable bonds is 2. The van der Waals surface area contributed by atoms with Crippen molar-refractivity contribution in [1.82, 2.24) is 13.9 Å². The van der Waals surface area contributed by atoms with Gasteiger partial charge in [-0.25, -0.2) is 18.8 Å². The van der Waals surface area contributed by atoms with E-state index in [9.17, 15) is 14.9 Å². The molecule has 0 spiro atoms. The summed E-state index contributed by atoms with van der Waals surface area (Å²) in [5, 5.41) is 9.58. The van der Waals surface area contributed by atoms with E-state index in [0.29, 0.717) is 15.7 Å². The summed E-state index contributed by atoms with van der Waals surface area (Å²) in [7, 11) is 0. The van der Waals surface area contributed by atoms with Gasteiger partial charge in [-0.05, 0) is 23.8 Å². The Balaban J connectivity index is 2.07. The van der Waals surface area contributed by atoms with E-state index < -0.39 is 17.4 Å². The molecule has 1 aliphatic rings. The standard InChI is InChI=1S/C18H12BrN5O2/c19-14-9-5-4-8-12(14)15-13(10-20)16(21)24-18(26)22(17(25)23(15)24)11-6-2-1-3-7-11/h1-9,15H,21H2. The molecule has 3 aromatic rings. The molecule has 2 N–H and O–H groups in total. The average Bonchev–Trinajstić information content (AvgIpc) is 3.08. The van der Waals surface area contributed by atoms with Crippen molar-refractivity contribution in [1.29, 1.82) is 5.26 Å². The van der Waals surface area contributed by atoms with Gasteiger partial charge in [0.1, 0.15) is 23.5 Å². The maximum absolute atomic E-state index is 13.1. The molecular weight excluding hydrogens is 398 g/mol. The summed E-state index contributed by atoms with van der Waals surface area (Å²) in [5.74, 6) is -0.0370. The van der Waals surface area contributed by atoms with Crippen molar-refractivity contribution in [2.75, 3.05) is 0 Å². The third-order valence-corrected chi connectivity index (χ3v) is 5.05. The van der Waals surface area contributed by atoms with Crippen molar-refractivity contribution in [3.8, 4) is 11.8 Å². The molecule has 1 aromatic heterocycles. The van der Waals surface area contributed by atoms with Crippen LogP contribution in [0.5, 0.6) is 0 Å². The third-order valence-electron chi connectivity index (χ3n) is 4.33. The molecule has 0 bridgehead atoms. The minimum atomic E-state index is -0.777. The summed E-state index contributed by atoms with van der Waals surface area (Å²) in [6, 6.07) is 17.1. The van der Waals surface area contributed by atoms with Crippen LogP contribution in [0.2, 0.25) is 0 Å². The first kappa shape index (κ1) is 16.2. The lowest BCUT2D eigenvalue weighted by Gasteiger charge is -2.14. The van der Waals surface area contributed by atoms with E-state index in [-0.39, 0.29) is 11.4 Å². The highest BCUT2D eigenvalue weighted by Crippen LogP contribution is 2.35. The molecule has 0 fully saturated rings. The fourth-order valence-electron chi connectivity index (χ4n) is 3.18. The van der Waals surface area contributed by atoms with Gasteiger partial charge in [0.15, 0.2) is 0 Å². The Hall–Kier alpha value is -3.31. The van der Waals surface area contributed by atoms with Gasteiger partial charge < -0.3 is 5.73 Å². The summed E-state index contributed by atoms with van der Waals surface area (Å²) in [6.45, 7) is 0. The molecule has 128 valence electrons. The van der Waals surface area contributed by atoms with E-state index in [2.05, 4.69) is 15.9 Å². The number of halogens is 1. The molecule has 26 heavy (non-hydrogen) atoms. The van der Waals surface area contributed by atoms with Crippen molar-refractivity contribution >= 4 is 21.8 Å². The number of nitriles is 1. The van der Waals surface area contributed by atoms with Crippen LogP contribution in [0.25, 0.3) is 11.5 Å². The quantitative estimate of drug-likeness (QED) is 0.697. The Morgan fingerprint density at radius 2 is 1.65 bits per heavy atom. The molecule has 7 nitrogen and oxygen atoms in total.